The van der Waals surface area contributed by atoms with Crippen LogP contribution >= 0.6 is 0 Å². The van der Waals surface area contributed by atoms with Gasteiger partial charge < -0.3 is 19.5 Å². The molecule has 0 aromatic carbocycles. The van der Waals surface area contributed by atoms with Gasteiger partial charge in [-0.25, -0.2) is 0 Å². The van der Waals surface area contributed by atoms with Crippen LogP contribution < -0.4 is 0 Å². The zero-order valence-corrected chi connectivity index (χ0v) is 33.7. The minimum Gasteiger partial charge on any atom is -0.465 e. The molecule has 0 aliphatic heterocycles. The minimum absolute atomic E-state index is 0.00972. The summed E-state index contributed by atoms with van der Waals surface area (Å²) in [6, 6.07) is 0. The summed E-state index contributed by atoms with van der Waals surface area (Å²) in [5, 5.41) is 9.55. The van der Waals surface area contributed by atoms with E-state index in [9.17, 15) is 14.7 Å². The van der Waals surface area contributed by atoms with Gasteiger partial charge in [0.1, 0.15) is 6.10 Å². The van der Waals surface area contributed by atoms with Crippen LogP contribution in [-0.4, -0.2) is 60.9 Å². The molecule has 6 heteroatoms. The van der Waals surface area contributed by atoms with E-state index in [4.69, 9.17) is 9.47 Å². The van der Waals surface area contributed by atoms with Crippen molar-refractivity contribution in [3.8, 4) is 0 Å². The Labute approximate surface area is 311 Å². The van der Waals surface area contributed by atoms with Crippen molar-refractivity contribution in [2.45, 2.75) is 226 Å². The van der Waals surface area contributed by atoms with Gasteiger partial charge in [0, 0.05) is 19.4 Å². The number of aliphatic hydroxyl groups is 1. The van der Waals surface area contributed by atoms with Crippen LogP contribution in [0.15, 0.2) is 0 Å². The third kappa shape index (κ3) is 29.4. The Bertz CT molecular complexity index is 745. The van der Waals surface area contributed by atoms with Crippen LogP contribution in [0.4, 0.5) is 0 Å². The standard InChI is InChI=1S/C44H85NO5/c1-4-7-10-12-16-23-30-42(31-24-17-13-11-8-5-2)50-44(48)33-26-19-15-21-28-35-45(36-37-46)34-27-20-14-18-25-32-43(47)49-39-41-38-40(41)29-22-9-6-3/h40-42,46H,4-39H2,1-3H3. The second kappa shape index (κ2) is 34.9. The molecule has 0 radical (unpaired) electrons. The highest BCUT2D eigenvalue weighted by molar-refractivity contribution is 5.69. The Morgan fingerprint density at radius 1 is 0.560 bits per heavy atom. The van der Waals surface area contributed by atoms with Crippen LogP contribution in [0.3, 0.4) is 0 Å². The first kappa shape index (κ1) is 46.9. The first-order chi connectivity index (χ1) is 24.5. The number of rotatable bonds is 39. The molecule has 0 heterocycles. The maximum Gasteiger partial charge on any atom is 0.306 e. The lowest BCUT2D eigenvalue weighted by Crippen LogP contribution is -2.29. The molecule has 1 aliphatic carbocycles. The van der Waals surface area contributed by atoms with Crippen molar-refractivity contribution in [2.24, 2.45) is 11.8 Å². The fourth-order valence-electron chi connectivity index (χ4n) is 7.36. The van der Waals surface area contributed by atoms with E-state index in [0.717, 1.165) is 89.8 Å². The van der Waals surface area contributed by atoms with Crippen molar-refractivity contribution in [3.05, 3.63) is 0 Å². The minimum atomic E-state index is -0.00972. The lowest BCUT2D eigenvalue weighted by molar-refractivity contribution is -0.150. The molecule has 1 fully saturated rings. The predicted molar refractivity (Wildman–Crippen MR) is 211 cm³/mol. The molecule has 2 atom stereocenters. The summed E-state index contributed by atoms with van der Waals surface area (Å²) >= 11 is 0. The number of nitrogens with zero attached hydrogens (tertiary/aromatic N) is 1. The number of hydrogen-bond acceptors (Lipinski definition) is 6. The van der Waals surface area contributed by atoms with Crippen LogP contribution in [0.25, 0.3) is 0 Å². The van der Waals surface area contributed by atoms with E-state index in [-0.39, 0.29) is 24.6 Å². The third-order valence-corrected chi connectivity index (χ3v) is 10.9. The predicted octanol–water partition coefficient (Wildman–Crippen LogP) is 12.1. The molecule has 1 saturated carbocycles. The average molecular weight is 708 g/mol. The summed E-state index contributed by atoms with van der Waals surface area (Å²) in [7, 11) is 0. The van der Waals surface area contributed by atoms with Crippen LogP contribution in [0, 0.1) is 11.8 Å². The third-order valence-electron chi connectivity index (χ3n) is 10.9. The molecule has 0 amide bonds. The Hall–Kier alpha value is -1.14. The SMILES string of the molecule is CCCCCCCCC(CCCCCCCC)OC(=O)CCCCCCCN(CCO)CCCCCCCC(=O)OCC1CC1CCCCC. The van der Waals surface area contributed by atoms with Gasteiger partial charge >= 0.3 is 11.9 Å². The van der Waals surface area contributed by atoms with Gasteiger partial charge in [0.15, 0.2) is 0 Å². The van der Waals surface area contributed by atoms with E-state index in [1.807, 2.05) is 0 Å². The van der Waals surface area contributed by atoms with Crippen LogP contribution in [0.5, 0.6) is 0 Å². The number of carbonyl (C=O) groups excluding carboxylic acids is 2. The van der Waals surface area contributed by atoms with E-state index < -0.39 is 0 Å². The zero-order valence-electron chi connectivity index (χ0n) is 33.7. The van der Waals surface area contributed by atoms with Gasteiger partial charge in [0.05, 0.1) is 13.2 Å². The highest BCUT2D eigenvalue weighted by atomic mass is 16.5. The molecule has 0 aromatic rings. The topological polar surface area (TPSA) is 76.1 Å². The fraction of sp³-hybridized carbons (Fsp3) is 0.955. The molecule has 0 aromatic heterocycles. The van der Waals surface area contributed by atoms with Gasteiger partial charge in [-0.1, -0.05) is 149 Å². The monoisotopic (exact) mass is 708 g/mol. The van der Waals surface area contributed by atoms with Gasteiger partial charge in [0.2, 0.25) is 0 Å². The van der Waals surface area contributed by atoms with Crippen LogP contribution in [0.1, 0.15) is 220 Å². The fourth-order valence-corrected chi connectivity index (χ4v) is 7.36. The molecule has 0 bridgehead atoms. The zero-order chi connectivity index (χ0) is 36.3. The normalized spacial score (nSPS) is 15.6. The van der Waals surface area contributed by atoms with Crippen molar-refractivity contribution in [3.63, 3.8) is 0 Å². The quantitative estimate of drug-likeness (QED) is 0.0506. The van der Waals surface area contributed by atoms with Gasteiger partial charge in [-0.2, -0.15) is 0 Å². The molecular weight excluding hydrogens is 622 g/mol. The van der Waals surface area contributed by atoms with Gasteiger partial charge in [-0.05, 0) is 82.7 Å². The van der Waals surface area contributed by atoms with Crippen molar-refractivity contribution in [1.82, 2.24) is 4.90 Å². The molecule has 50 heavy (non-hydrogen) atoms. The van der Waals surface area contributed by atoms with E-state index in [1.54, 1.807) is 0 Å². The number of hydrogen-bond donors (Lipinski definition) is 1. The molecule has 6 nitrogen and oxygen atoms in total. The average Bonchev–Trinajstić information content (AvgIpc) is 3.87. The van der Waals surface area contributed by atoms with Gasteiger partial charge in [-0.15, -0.1) is 0 Å². The van der Waals surface area contributed by atoms with E-state index >= 15 is 0 Å². The molecule has 0 saturated heterocycles. The Morgan fingerprint density at radius 2 is 1.02 bits per heavy atom. The highest BCUT2D eigenvalue weighted by Gasteiger charge is 2.37. The van der Waals surface area contributed by atoms with E-state index in [1.165, 1.54) is 122 Å². The molecule has 1 N–H and O–H groups in total. The number of aliphatic hydroxyl groups excluding tert-OH is 1. The molecule has 2 unspecified atom stereocenters. The largest absolute Gasteiger partial charge is 0.465 e. The molecule has 296 valence electrons. The number of ether oxygens (including phenoxy) is 2. The number of esters is 2. The van der Waals surface area contributed by atoms with E-state index in [0.29, 0.717) is 25.4 Å². The van der Waals surface area contributed by atoms with Crippen LogP contribution in [-0.2, 0) is 19.1 Å². The summed E-state index contributed by atoms with van der Waals surface area (Å²) in [5.74, 6) is 1.44. The highest BCUT2D eigenvalue weighted by Crippen LogP contribution is 2.42. The van der Waals surface area contributed by atoms with Gasteiger partial charge in [-0.3, -0.25) is 9.59 Å². The lowest BCUT2D eigenvalue weighted by Gasteiger charge is -2.21. The first-order valence-electron chi connectivity index (χ1n) is 22.2. The maximum atomic E-state index is 12.7. The van der Waals surface area contributed by atoms with Crippen LogP contribution in [0.2, 0.25) is 0 Å². The summed E-state index contributed by atoms with van der Waals surface area (Å²) in [6.07, 6.45) is 36.2. The summed E-state index contributed by atoms with van der Waals surface area (Å²) < 4.78 is 11.6. The first-order valence-corrected chi connectivity index (χ1v) is 22.2. The van der Waals surface area contributed by atoms with Crippen molar-refractivity contribution in [2.75, 3.05) is 32.8 Å². The second-order valence-electron chi connectivity index (χ2n) is 15.8. The summed E-state index contributed by atoms with van der Waals surface area (Å²) in [4.78, 5) is 27.2. The Morgan fingerprint density at radius 3 is 1.56 bits per heavy atom. The van der Waals surface area contributed by atoms with Crippen molar-refractivity contribution < 1.29 is 24.2 Å². The molecule has 0 spiro atoms. The van der Waals surface area contributed by atoms with Gasteiger partial charge in [0.25, 0.3) is 0 Å². The van der Waals surface area contributed by atoms with E-state index in [2.05, 4.69) is 25.7 Å². The maximum absolute atomic E-state index is 12.7. The number of carbonyl (C=O) groups is 2. The Kier molecular flexibility index (Phi) is 32.7. The number of unbranched alkanes of at least 4 members (excludes halogenated alkanes) is 20. The lowest BCUT2D eigenvalue weighted by atomic mass is 10.0. The Balaban J connectivity index is 2.07. The second-order valence-corrected chi connectivity index (χ2v) is 15.8. The smallest absolute Gasteiger partial charge is 0.306 e. The van der Waals surface area contributed by atoms with Crippen molar-refractivity contribution in [1.29, 1.82) is 0 Å². The molecular formula is C44H85NO5. The molecule has 1 rings (SSSR count). The molecule has 1 aliphatic rings. The van der Waals surface area contributed by atoms with Crippen molar-refractivity contribution >= 4 is 11.9 Å². The summed E-state index contributed by atoms with van der Waals surface area (Å²) in [5.41, 5.74) is 0. The summed E-state index contributed by atoms with van der Waals surface area (Å²) in [6.45, 7) is 10.4.